The quantitative estimate of drug-likeness (QED) is 0.748. The number of hydrogen-bond donors (Lipinski definition) is 2. The number of benzene rings is 1. The Bertz CT molecular complexity index is 516. The molecule has 16 heavy (non-hydrogen) atoms. The lowest BCUT2D eigenvalue weighted by molar-refractivity contribution is 0.0867. The number of hydrogen-bond acceptors (Lipinski definition) is 3. The van der Waals surface area contributed by atoms with Gasteiger partial charge < -0.3 is 9.82 Å². The number of nitrogens with zero attached hydrogens (tertiary/aromatic N) is 1. The van der Waals surface area contributed by atoms with Crippen LogP contribution in [0.4, 0.5) is 0 Å². The zero-order valence-corrected chi connectivity index (χ0v) is 8.93. The van der Waals surface area contributed by atoms with Crippen molar-refractivity contribution in [2.24, 2.45) is 0 Å². The third-order valence-electron chi connectivity index (χ3n) is 2.26. The van der Waals surface area contributed by atoms with E-state index in [9.17, 15) is 4.79 Å². The molecule has 84 valence electrons. The molecular weight excluding hydrogens is 206 g/mol. The van der Waals surface area contributed by atoms with Crippen LogP contribution in [0.15, 0.2) is 41.5 Å². The molecule has 1 aromatic carbocycles. The van der Waals surface area contributed by atoms with Crippen LogP contribution >= 0.6 is 0 Å². The fourth-order valence-corrected chi connectivity index (χ4v) is 1.50. The van der Waals surface area contributed by atoms with Crippen LogP contribution in [-0.4, -0.2) is 16.7 Å². The van der Waals surface area contributed by atoms with Crippen LogP contribution in [-0.2, 0) is 11.4 Å². The van der Waals surface area contributed by atoms with Gasteiger partial charge in [-0.15, -0.1) is 0 Å². The maximum absolute atomic E-state index is 11.4. The molecule has 0 aliphatic heterocycles. The highest BCUT2D eigenvalue weighted by Crippen LogP contribution is 2.08. The van der Waals surface area contributed by atoms with Crippen LogP contribution in [0, 0.1) is 0 Å². The lowest BCUT2D eigenvalue weighted by Crippen LogP contribution is -2.15. The fourth-order valence-electron chi connectivity index (χ4n) is 1.50. The molecule has 0 aliphatic rings. The van der Waals surface area contributed by atoms with Crippen molar-refractivity contribution >= 4 is 0 Å². The number of hydroxylamine groups is 1. The Balaban J connectivity index is 2.29. The Kier molecular flexibility index (Phi) is 3.19. The van der Waals surface area contributed by atoms with Gasteiger partial charge in [-0.3, -0.25) is 4.57 Å². The number of aromatic amines is 1. The van der Waals surface area contributed by atoms with E-state index in [1.54, 1.807) is 24.1 Å². The van der Waals surface area contributed by atoms with Crippen LogP contribution < -0.4 is 11.2 Å². The molecule has 0 amide bonds. The predicted molar refractivity (Wildman–Crippen MR) is 60.2 cm³/mol. The third-order valence-corrected chi connectivity index (χ3v) is 2.26. The molecule has 2 N–H and O–H groups in total. The highest BCUT2D eigenvalue weighted by Gasteiger charge is 2.00. The summed E-state index contributed by atoms with van der Waals surface area (Å²) in [5.74, 6) is 0. The molecule has 0 fully saturated rings. The second kappa shape index (κ2) is 4.78. The Morgan fingerprint density at radius 1 is 1.50 bits per heavy atom. The smallest absolute Gasteiger partial charge is 0.312 e. The minimum atomic E-state index is -0.142. The van der Waals surface area contributed by atoms with Crippen molar-refractivity contribution in [2.45, 2.75) is 6.54 Å². The topological polar surface area (TPSA) is 59.0 Å². The molecule has 0 saturated carbocycles. The summed E-state index contributed by atoms with van der Waals surface area (Å²) in [6.45, 7) is 0.601. The monoisotopic (exact) mass is 219 g/mol. The lowest BCUT2D eigenvalue weighted by atomic mass is 10.2. The molecule has 0 spiro atoms. The Hall–Kier alpha value is -1.85. The van der Waals surface area contributed by atoms with Gasteiger partial charge in [-0.25, -0.2) is 4.79 Å². The normalized spacial score (nSPS) is 10.6. The maximum atomic E-state index is 11.4. The minimum Gasteiger partial charge on any atom is -0.312 e. The van der Waals surface area contributed by atoms with Crippen LogP contribution in [0.25, 0.3) is 5.69 Å². The van der Waals surface area contributed by atoms with E-state index in [4.69, 9.17) is 4.84 Å². The zero-order valence-electron chi connectivity index (χ0n) is 8.93. The first-order valence-corrected chi connectivity index (χ1v) is 4.92. The molecule has 0 bridgehead atoms. The first kappa shape index (κ1) is 10.7. The number of nitrogens with one attached hydrogen (secondary N) is 2. The van der Waals surface area contributed by atoms with Gasteiger partial charge in [0.05, 0.1) is 12.8 Å². The first-order chi connectivity index (χ1) is 7.81. The van der Waals surface area contributed by atoms with E-state index in [0.717, 1.165) is 11.3 Å². The molecule has 0 atom stereocenters. The summed E-state index contributed by atoms with van der Waals surface area (Å²) in [6, 6.07) is 7.68. The largest absolute Gasteiger partial charge is 0.330 e. The Morgan fingerprint density at radius 2 is 2.38 bits per heavy atom. The van der Waals surface area contributed by atoms with Gasteiger partial charge in [0.25, 0.3) is 0 Å². The van der Waals surface area contributed by atoms with E-state index >= 15 is 0 Å². The van der Waals surface area contributed by atoms with E-state index in [1.165, 1.54) is 0 Å². The Morgan fingerprint density at radius 3 is 3.06 bits per heavy atom. The maximum Gasteiger partial charge on any atom is 0.330 e. The van der Waals surface area contributed by atoms with Crippen molar-refractivity contribution < 1.29 is 4.84 Å². The molecule has 0 saturated heterocycles. The molecule has 5 nitrogen and oxygen atoms in total. The van der Waals surface area contributed by atoms with E-state index < -0.39 is 0 Å². The molecule has 1 aromatic heterocycles. The summed E-state index contributed by atoms with van der Waals surface area (Å²) in [5.41, 5.74) is 4.50. The fraction of sp³-hybridized carbons (Fsp3) is 0.182. The van der Waals surface area contributed by atoms with Crippen LogP contribution in [0.2, 0.25) is 0 Å². The SMILES string of the molecule is CONCc1cccc(-n2cc[nH]c2=O)c1. The number of aromatic nitrogens is 2. The second-order valence-electron chi connectivity index (χ2n) is 3.33. The summed E-state index contributed by atoms with van der Waals surface area (Å²) >= 11 is 0. The van der Waals surface area contributed by atoms with Crippen molar-refractivity contribution in [2.75, 3.05) is 7.11 Å². The number of rotatable bonds is 4. The van der Waals surface area contributed by atoms with Crippen molar-refractivity contribution in [3.05, 3.63) is 52.7 Å². The van der Waals surface area contributed by atoms with Crippen LogP contribution in [0.3, 0.4) is 0 Å². The van der Waals surface area contributed by atoms with Gasteiger partial charge in [-0.1, -0.05) is 12.1 Å². The van der Waals surface area contributed by atoms with Crippen LogP contribution in [0.1, 0.15) is 5.56 Å². The first-order valence-electron chi connectivity index (χ1n) is 4.92. The van der Waals surface area contributed by atoms with E-state index in [0.29, 0.717) is 6.54 Å². The van der Waals surface area contributed by atoms with Crippen LogP contribution in [0.5, 0.6) is 0 Å². The molecule has 2 aromatic rings. The van der Waals surface area contributed by atoms with Gasteiger partial charge >= 0.3 is 5.69 Å². The van der Waals surface area contributed by atoms with Gasteiger partial charge in [-0.05, 0) is 17.7 Å². The lowest BCUT2D eigenvalue weighted by Gasteiger charge is -2.05. The molecule has 0 unspecified atom stereocenters. The van der Waals surface area contributed by atoms with Crippen molar-refractivity contribution in [1.29, 1.82) is 0 Å². The Labute approximate surface area is 92.6 Å². The summed E-state index contributed by atoms with van der Waals surface area (Å²) in [5, 5.41) is 0. The van der Waals surface area contributed by atoms with Gasteiger partial charge in [0.2, 0.25) is 0 Å². The van der Waals surface area contributed by atoms with E-state index in [2.05, 4.69) is 10.5 Å². The average molecular weight is 219 g/mol. The average Bonchev–Trinajstić information content (AvgIpc) is 2.73. The van der Waals surface area contributed by atoms with E-state index in [1.807, 2.05) is 24.3 Å². The second-order valence-corrected chi connectivity index (χ2v) is 3.33. The van der Waals surface area contributed by atoms with Crippen molar-refractivity contribution in [3.8, 4) is 5.69 Å². The zero-order chi connectivity index (χ0) is 11.4. The van der Waals surface area contributed by atoms with Gasteiger partial charge in [0.15, 0.2) is 0 Å². The molecular formula is C11H13N3O2. The predicted octanol–water partition coefficient (Wildman–Crippen LogP) is 0.817. The molecule has 1 heterocycles. The standard InChI is InChI=1S/C11H13N3O2/c1-16-13-8-9-3-2-4-10(7-9)14-6-5-12-11(14)15/h2-7,13H,8H2,1H3,(H,12,15). The minimum absolute atomic E-state index is 0.142. The summed E-state index contributed by atoms with van der Waals surface area (Å²) < 4.78 is 1.55. The number of imidazole rings is 1. The van der Waals surface area contributed by atoms with Crippen molar-refractivity contribution in [1.82, 2.24) is 15.0 Å². The molecule has 2 rings (SSSR count). The highest BCUT2D eigenvalue weighted by molar-refractivity contribution is 5.35. The van der Waals surface area contributed by atoms with Gasteiger partial charge in [0.1, 0.15) is 0 Å². The number of H-pyrrole nitrogens is 1. The summed E-state index contributed by atoms with van der Waals surface area (Å²) in [6.07, 6.45) is 3.31. The van der Waals surface area contributed by atoms with Crippen molar-refractivity contribution in [3.63, 3.8) is 0 Å². The molecule has 5 heteroatoms. The molecule has 0 aliphatic carbocycles. The highest BCUT2D eigenvalue weighted by atomic mass is 16.6. The van der Waals surface area contributed by atoms with Gasteiger partial charge in [0, 0.05) is 18.9 Å². The molecule has 0 radical (unpaired) electrons. The summed E-state index contributed by atoms with van der Waals surface area (Å²) in [7, 11) is 1.57. The van der Waals surface area contributed by atoms with Gasteiger partial charge in [-0.2, -0.15) is 5.48 Å². The summed E-state index contributed by atoms with van der Waals surface area (Å²) in [4.78, 5) is 18.8. The third kappa shape index (κ3) is 2.21. The van der Waals surface area contributed by atoms with E-state index in [-0.39, 0.29) is 5.69 Å².